The van der Waals surface area contributed by atoms with Gasteiger partial charge in [-0.05, 0) is 49.1 Å². The lowest BCUT2D eigenvalue weighted by Gasteiger charge is -2.10. The van der Waals surface area contributed by atoms with Gasteiger partial charge in [0.2, 0.25) is 0 Å². The van der Waals surface area contributed by atoms with Crippen molar-refractivity contribution in [3.05, 3.63) is 59.0 Å². The predicted molar refractivity (Wildman–Crippen MR) is 65.3 cm³/mol. The van der Waals surface area contributed by atoms with Gasteiger partial charge in [0.25, 0.3) is 0 Å². The van der Waals surface area contributed by atoms with Crippen LogP contribution in [0.15, 0.2) is 41.0 Å². The van der Waals surface area contributed by atoms with Gasteiger partial charge in [-0.3, -0.25) is 0 Å². The number of furan rings is 1. The van der Waals surface area contributed by atoms with Gasteiger partial charge in [0.15, 0.2) is 0 Å². The van der Waals surface area contributed by atoms with Crippen LogP contribution in [0.5, 0.6) is 0 Å². The van der Waals surface area contributed by atoms with Crippen molar-refractivity contribution in [2.75, 3.05) is 0 Å². The highest BCUT2D eigenvalue weighted by Crippen LogP contribution is 2.18. The minimum Gasteiger partial charge on any atom is -0.468 e. The van der Waals surface area contributed by atoms with E-state index in [9.17, 15) is 0 Å². The summed E-state index contributed by atoms with van der Waals surface area (Å²) < 4.78 is 5.30. The third kappa shape index (κ3) is 2.34. The molecule has 1 aromatic heterocycles. The Balaban J connectivity index is 2.12. The van der Waals surface area contributed by atoms with E-state index >= 15 is 0 Å². The average molecular weight is 215 g/mol. The van der Waals surface area contributed by atoms with Crippen molar-refractivity contribution in [2.45, 2.75) is 26.3 Å². The van der Waals surface area contributed by atoms with Crippen molar-refractivity contribution in [1.82, 2.24) is 0 Å². The Morgan fingerprint density at radius 1 is 1.19 bits per heavy atom. The maximum Gasteiger partial charge on any atom is 0.120 e. The topological polar surface area (TPSA) is 39.2 Å². The lowest BCUT2D eigenvalue weighted by molar-refractivity contribution is 0.464. The Bertz CT molecular complexity index is 460. The molecule has 0 spiro atoms. The molecule has 2 rings (SSSR count). The van der Waals surface area contributed by atoms with Crippen LogP contribution < -0.4 is 5.73 Å². The van der Waals surface area contributed by atoms with Gasteiger partial charge in [0.05, 0.1) is 12.3 Å². The molecule has 2 heteroatoms. The molecule has 2 aromatic rings. The molecule has 1 heterocycles. The Labute approximate surface area is 96.1 Å². The van der Waals surface area contributed by atoms with Crippen LogP contribution in [0.25, 0.3) is 0 Å². The third-order valence-electron chi connectivity index (χ3n) is 2.94. The molecule has 0 fully saturated rings. The summed E-state index contributed by atoms with van der Waals surface area (Å²) in [6, 6.07) is 10.2. The van der Waals surface area contributed by atoms with Crippen molar-refractivity contribution in [3.8, 4) is 0 Å². The number of benzene rings is 1. The largest absolute Gasteiger partial charge is 0.468 e. The van der Waals surface area contributed by atoms with Gasteiger partial charge in [0.1, 0.15) is 5.76 Å². The lowest BCUT2D eigenvalue weighted by atomic mass is 10.0. The zero-order valence-electron chi connectivity index (χ0n) is 9.73. The second kappa shape index (κ2) is 4.54. The van der Waals surface area contributed by atoms with Crippen molar-refractivity contribution >= 4 is 0 Å². The normalized spacial score (nSPS) is 12.7. The molecule has 0 bridgehead atoms. The van der Waals surface area contributed by atoms with Crippen LogP contribution in [0.2, 0.25) is 0 Å². The van der Waals surface area contributed by atoms with Gasteiger partial charge in [0, 0.05) is 0 Å². The molecular formula is C14H17NO. The summed E-state index contributed by atoms with van der Waals surface area (Å²) >= 11 is 0. The van der Waals surface area contributed by atoms with E-state index in [0.29, 0.717) is 0 Å². The number of hydrogen-bond acceptors (Lipinski definition) is 2. The minimum absolute atomic E-state index is 0.0582. The zero-order chi connectivity index (χ0) is 11.5. The maximum absolute atomic E-state index is 6.07. The second-order valence-corrected chi connectivity index (χ2v) is 4.24. The van der Waals surface area contributed by atoms with Gasteiger partial charge in [-0.2, -0.15) is 0 Å². The number of nitrogens with two attached hydrogens (primary N) is 1. The van der Waals surface area contributed by atoms with Crippen LogP contribution in [-0.2, 0) is 6.42 Å². The van der Waals surface area contributed by atoms with Gasteiger partial charge in [-0.25, -0.2) is 0 Å². The molecule has 2 N–H and O–H groups in total. The first kappa shape index (κ1) is 11.0. The van der Waals surface area contributed by atoms with Gasteiger partial charge < -0.3 is 10.2 Å². The molecule has 0 aliphatic rings. The SMILES string of the molecule is Cc1ccc(CC(N)c2ccco2)cc1C. The summed E-state index contributed by atoms with van der Waals surface area (Å²) in [5.41, 5.74) is 9.95. The summed E-state index contributed by atoms with van der Waals surface area (Å²) in [5, 5.41) is 0. The number of aryl methyl sites for hydroxylation is 2. The van der Waals surface area contributed by atoms with E-state index in [2.05, 4.69) is 32.0 Å². The maximum atomic E-state index is 6.07. The molecule has 0 saturated heterocycles. The summed E-state index contributed by atoms with van der Waals surface area (Å²) in [7, 11) is 0. The van der Waals surface area contributed by atoms with Crippen LogP contribution >= 0.6 is 0 Å². The molecule has 1 unspecified atom stereocenters. The fourth-order valence-corrected chi connectivity index (χ4v) is 1.79. The second-order valence-electron chi connectivity index (χ2n) is 4.24. The molecule has 0 aliphatic heterocycles. The van der Waals surface area contributed by atoms with Crippen LogP contribution in [0, 0.1) is 13.8 Å². The molecule has 0 aliphatic carbocycles. The van der Waals surface area contributed by atoms with E-state index in [0.717, 1.165) is 12.2 Å². The van der Waals surface area contributed by atoms with Crippen LogP contribution in [0.1, 0.15) is 28.5 Å². The molecule has 1 aromatic carbocycles. The summed E-state index contributed by atoms with van der Waals surface area (Å²) in [5.74, 6) is 0.846. The molecular weight excluding hydrogens is 198 g/mol. The van der Waals surface area contributed by atoms with Crippen LogP contribution in [-0.4, -0.2) is 0 Å². The summed E-state index contributed by atoms with van der Waals surface area (Å²) in [6.07, 6.45) is 2.48. The monoisotopic (exact) mass is 215 g/mol. The lowest BCUT2D eigenvalue weighted by Crippen LogP contribution is -2.12. The smallest absolute Gasteiger partial charge is 0.120 e. The highest BCUT2D eigenvalue weighted by molar-refractivity contribution is 5.30. The van der Waals surface area contributed by atoms with E-state index in [1.165, 1.54) is 16.7 Å². The molecule has 1 atom stereocenters. The molecule has 2 nitrogen and oxygen atoms in total. The fraction of sp³-hybridized carbons (Fsp3) is 0.286. The molecule has 16 heavy (non-hydrogen) atoms. The first-order valence-electron chi connectivity index (χ1n) is 5.52. The predicted octanol–water partition coefficient (Wildman–Crippen LogP) is 3.14. The number of hydrogen-bond donors (Lipinski definition) is 1. The standard InChI is InChI=1S/C14H17NO/c1-10-5-6-12(8-11(10)2)9-13(15)14-4-3-7-16-14/h3-8,13H,9,15H2,1-2H3. The highest BCUT2D eigenvalue weighted by atomic mass is 16.3. The zero-order valence-corrected chi connectivity index (χ0v) is 9.73. The van der Waals surface area contributed by atoms with Gasteiger partial charge in [-0.15, -0.1) is 0 Å². The Hall–Kier alpha value is -1.54. The van der Waals surface area contributed by atoms with E-state index in [-0.39, 0.29) is 6.04 Å². The first-order chi connectivity index (χ1) is 7.66. The van der Waals surface area contributed by atoms with Crippen LogP contribution in [0.4, 0.5) is 0 Å². The van der Waals surface area contributed by atoms with E-state index in [4.69, 9.17) is 10.2 Å². The average Bonchev–Trinajstić information content (AvgIpc) is 2.77. The molecule has 0 saturated carbocycles. The molecule has 84 valence electrons. The van der Waals surface area contributed by atoms with Crippen molar-refractivity contribution in [2.24, 2.45) is 5.73 Å². The van der Waals surface area contributed by atoms with E-state index < -0.39 is 0 Å². The highest BCUT2D eigenvalue weighted by Gasteiger charge is 2.09. The minimum atomic E-state index is -0.0582. The van der Waals surface area contributed by atoms with Crippen molar-refractivity contribution in [3.63, 3.8) is 0 Å². The molecule has 0 radical (unpaired) electrons. The van der Waals surface area contributed by atoms with Gasteiger partial charge >= 0.3 is 0 Å². The quantitative estimate of drug-likeness (QED) is 0.854. The third-order valence-corrected chi connectivity index (χ3v) is 2.94. The number of rotatable bonds is 3. The van der Waals surface area contributed by atoms with Gasteiger partial charge in [-0.1, -0.05) is 18.2 Å². The van der Waals surface area contributed by atoms with E-state index in [1.54, 1.807) is 6.26 Å². The Morgan fingerprint density at radius 3 is 2.62 bits per heavy atom. The molecule has 0 amide bonds. The van der Waals surface area contributed by atoms with E-state index in [1.807, 2.05) is 12.1 Å². The van der Waals surface area contributed by atoms with Crippen LogP contribution in [0.3, 0.4) is 0 Å². The summed E-state index contributed by atoms with van der Waals surface area (Å²) in [4.78, 5) is 0. The fourth-order valence-electron chi connectivity index (χ4n) is 1.79. The van der Waals surface area contributed by atoms with Crippen molar-refractivity contribution in [1.29, 1.82) is 0 Å². The first-order valence-corrected chi connectivity index (χ1v) is 5.52. The van der Waals surface area contributed by atoms with Crippen molar-refractivity contribution < 1.29 is 4.42 Å². The summed E-state index contributed by atoms with van der Waals surface area (Å²) in [6.45, 7) is 4.24. The Morgan fingerprint density at radius 2 is 2.00 bits per heavy atom. The Kier molecular flexibility index (Phi) is 3.11.